The molecule has 86 valence electrons. The molecule has 1 unspecified atom stereocenters. The van der Waals surface area contributed by atoms with E-state index in [1.807, 2.05) is 0 Å². The predicted octanol–water partition coefficient (Wildman–Crippen LogP) is 0.868. The summed E-state index contributed by atoms with van der Waals surface area (Å²) in [6.07, 6.45) is -4.06. The van der Waals surface area contributed by atoms with Gasteiger partial charge in [0, 0.05) is 0 Å². The first-order valence-corrected chi connectivity index (χ1v) is 4.17. The van der Waals surface area contributed by atoms with Gasteiger partial charge in [-0.3, -0.25) is 4.74 Å². The summed E-state index contributed by atoms with van der Waals surface area (Å²) in [5, 5.41) is 16.1. The lowest BCUT2D eigenvalue weighted by Crippen LogP contribution is -2.17. The molecule has 1 aromatic rings. The van der Waals surface area contributed by atoms with Gasteiger partial charge in [0.1, 0.15) is 5.69 Å². The van der Waals surface area contributed by atoms with Gasteiger partial charge in [-0.05, 0) is 6.92 Å². The van der Waals surface area contributed by atoms with E-state index in [1.54, 1.807) is 0 Å². The zero-order valence-electron chi connectivity index (χ0n) is 7.90. The van der Waals surface area contributed by atoms with Gasteiger partial charge in [0.05, 0.1) is 25.5 Å². The summed E-state index contributed by atoms with van der Waals surface area (Å²) in [5.74, 6) is 0. The lowest BCUT2D eigenvalue weighted by atomic mass is 10.3. The van der Waals surface area contributed by atoms with E-state index in [0.29, 0.717) is 5.69 Å². The maximum absolute atomic E-state index is 11.6. The van der Waals surface area contributed by atoms with Crippen LogP contribution < -0.4 is 0 Å². The molecule has 0 spiro atoms. The maximum Gasteiger partial charge on any atom is 0.522 e. The van der Waals surface area contributed by atoms with Crippen LogP contribution in [0, 0.1) is 0 Å². The maximum atomic E-state index is 11.6. The minimum Gasteiger partial charge on any atom is -0.387 e. The zero-order chi connectivity index (χ0) is 11.5. The highest BCUT2D eigenvalue weighted by Crippen LogP contribution is 2.15. The van der Waals surface area contributed by atoms with E-state index in [9.17, 15) is 13.2 Å². The van der Waals surface area contributed by atoms with Gasteiger partial charge in [0.2, 0.25) is 0 Å². The summed E-state index contributed by atoms with van der Waals surface area (Å²) in [5.41, 5.74) is 0.307. The molecule has 0 bridgehead atoms. The minimum absolute atomic E-state index is 0.0702. The number of aliphatic hydroxyl groups excluding tert-OH is 1. The number of aromatic nitrogens is 3. The molecule has 0 amide bonds. The van der Waals surface area contributed by atoms with Crippen molar-refractivity contribution in [3.05, 3.63) is 11.9 Å². The van der Waals surface area contributed by atoms with E-state index in [1.165, 1.54) is 17.8 Å². The number of rotatable bonds is 4. The van der Waals surface area contributed by atoms with Crippen LogP contribution in [0.4, 0.5) is 13.2 Å². The highest BCUT2D eigenvalue weighted by atomic mass is 19.4. The Kier molecular flexibility index (Phi) is 3.64. The molecule has 0 aliphatic rings. The van der Waals surface area contributed by atoms with Gasteiger partial charge in [-0.1, -0.05) is 5.21 Å². The lowest BCUT2D eigenvalue weighted by molar-refractivity contribution is -0.325. The normalized spacial score (nSPS) is 14.2. The highest BCUT2D eigenvalue weighted by molar-refractivity contribution is 4.95. The number of nitrogens with zero attached hydrogens (tertiary/aromatic N) is 3. The van der Waals surface area contributed by atoms with Crippen molar-refractivity contribution in [2.75, 3.05) is 6.61 Å². The molecular formula is C7H10F3N3O2. The quantitative estimate of drug-likeness (QED) is 0.825. The molecule has 1 aromatic heterocycles. The summed E-state index contributed by atoms with van der Waals surface area (Å²) in [6, 6.07) is 0. The van der Waals surface area contributed by atoms with Crippen LogP contribution in [0.15, 0.2) is 6.20 Å². The van der Waals surface area contributed by atoms with Crippen LogP contribution in [0.3, 0.4) is 0 Å². The molecule has 1 N–H and O–H groups in total. The van der Waals surface area contributed by atoms with Gasteiger partial charge in [0.25, 0.3) is 0 Å². The fourth-order valence-electron chi connectivity index (χ4n) is 0.869. The van der Waals surface area contributed by atoms with Gasteiger partial charge in [-0.2, -0.15) is 0 Å². The Labute approximate surface area is 83.5 Å². The molecule has 15 heavy (non-hydrogen) atoms. The van der Waals surface area contributed by atoms with Gasteiger partial charge < -0.3 is 5.11 Å². The average Bonchev–Trinajstić information content (AvgIpc) is 2.50. The van der Waals surface area contributed by atoms with Crippen molar-refractivity contribution in [3.8, 4) is 0 Å². The van der Waals surface area contributed by atoms with Crippen molar-refractivity contribution >= 4 is 0 Å². The average molecular weight is 225 g/mol. The number of hydrogen-bond acceptors (Lipinski definition) is 4. The summed E-state index contributed by atoms with van der Waals surface area (Å²) < 4.78 is 39.5. The highest BCUT2D eigenvalue weighted by Gasteiger charge is 2.28. The molecule has 1 rings (SSSR count). The second-order valence-electron chi connectivity index (χ2n) is 2.88. The topological polar surface area (TPSA) is 60.2 Å². The fourth-order valence-corrected chi connectivity index (χ4v) is 0.869. The number of halogens is 3. The van der Waals surface area contributed by atoms with E-state index in [0.717, 1.165) is 0 Å². The lowest BCUT2D eigenvalue weighted by Gasteiger charge is -2.06. The summed E-state index contributed by atoms with van der Waals surface area (Å²) in [4.78, 5) is 0. The molecule has 0 saturated heterocycles. The van der Waals surface area contributed by atoms with E-state index in [-0.39, 0.29) is 6.54 Å². The van der Waals surface area contributed by atoms with Crippen molar-refractivity contribution in [3.63, 3.8) is 0 Å². The van der Waals surface area contributed by atoms with E-state index in [4.69, 9.17) is 5.11 Å². The molecule has 1 heterocycles. The van der Waals surface area contributed by atoms with Crippen LogP contribution >= 0.6 is 0 Å². The SMILES string of the molecule is CC(O)c1cn(CCOC(F)(F)F)nn1. The van der Waals surface area contributed by atoms with Gasteiger partial charge in [-0.15, -0.1) is 18.3 Å². The van der Waals surface area contributed by atoms with Crippen molar-refractivity contribution in [1.82, 2.24) is 15.0 Å². The van der Waals surface area contributed by atoms with E-state index in [2.05, 4.69) is 15.0 Å². The summed E-state index contributed by atoms with van der Waals surface area (Å²) in [7, 11) is 0. The van der Waals surface area contributed by atoms with Crippen LogP contribution in [-0.4, -0.2) is 33.1 Å². The third kappa shape index (κ3) is 4.26. The number of ether oxygens (including phenoxy) is 1. The van der Waals surface area contributed by atoms with E-state index < -0.39 is 19.1 Å². The van der Waals surface area contributed by atoms with Crippen molar-refractivity contribution in [2.45, 2.75) is 25.9 Å². The Morgan fingerprint density at radius 2 is 2.27 bits per heavy atom. The number of hydrogen-bond donors (Lipinski definition) is 1. The van der Waals surface area contributed by atoms with Crippen LogP contribution in [0.1, 0.15) is 18.7 Å². The predicted molar refractivity (Wildman–Crippen MR) is 42.7 cm³/mol. The van der Waals surface area contributed by atoms with Gasteiger partial charge >= 0.3 is 6.36 Å². The Bertz CT molecular complexity index is 311. The fraction of sp³-hybridized carbons (Fsp3) is 0.714. The molecule has 0 saturated carbocycles. The zero-order valence-corrected chi connectivity index (χ0v) is 7.90. The standard InChI is InChI=1S/C7H10F3N3O2/c1-5(14)6-4-13(12-11-6)2-3-15-7(8,9)10/h4-5,14H,2-3H2,1H3. The largest absolute Gasteiger partial charge is 0.522 e. The Morgan fingerprint density at radius 1 is 1.60 bits per heavy atom. The second kappa shape index (κ2) is 4.58. The molecule has 0 aromatic carbocycles. The van der Waals surface area contributed by atoms with Crippen molar-refractivity contribution < 1.29 is 23.0 Å². The molecule has 0 aliphatic carbocycles. The smallest absolute Gasteiger partial charge is 0.387 e. The Morgan fingerprint density at radius 3 is 2.73 bits per heavy atom. The van der Waals surface area contributed by atoms with Crippen molar-refractivity contribution in [2.24, 2.45) is 0 Å². The second-order valence-corrected chi connectivity index (χ2v) is 2.88. The van der Waals surface area contributed by atoms with Crippen LogP contribution in [0.2, 0.25) is 0 Å². The third-order valence-electron chi connectivity index (χ3n) is 1.57. The van der Waals surface area contributed by atoms with E-state index >= 15 is 0 Å². The van der Waals surface area contributed by atoms with Crippen LogP contribution in [0.5, 0.6) is 0 Å². The first kappa shape index (κ1) is 11.9. The van der Waals surface area contributed by atoms with Gasteiger partial charge in [-0.25, -0.2) is 4.68 Å². The summed E-state index contributed by atoms with van der Waals surface area (Å²) >= 11 is 0. The van der Waals surface area contributed by atoms with Gasteiger partial charge in [0.15, 0.2) is 0 Å². The molecular weight excluding hydrogens is 215 g/mol. The molecule has 8 heteroatoms. The Balaban J connectivity index is 2.38. The molecule has 0 radical (unpaired) electrons. The first-order valence-electron chi connectivity index (χ1n) is 4.17. The molecule has 0 aliphatic heterocycles. The molecule has 1 atom stereocenters. The number of alkyl halides is 3. The first-order chi connectivity index (χ1) is 6.88. The molecule has 0 fully saturated rings. The van der Waals surface area contributed by atoms with Crippen LogP contribution in [-0.2, 0) is 11.3 Å². The molecule has 5 nitrogen and oxygen atoms in total. The van der Waals surface area contributed by atoms with Crippen molar-refractivity contribution in [1.29, 1.82) is 0 Å². The van der Waals surface area contributed by atoms with Crippen LogP contribution in [0.25, 0.3) is 0 Å². The number of aliphatic hydroxyl groups is 1. The minimum atomic E-state index is -4.63. The summed E-state index contributed by atoms with van der Waals surface area (Å²) in [6.45, 7) is 0.881. The monoisotopic (exact) mass is 225 g/mol. The Hall–Kier alpha value is -1.15. The third-order valence-corrected chi connectivity index (χ3v) is 1.57.